The van der Waals surface area contributed by atoms with E-state index >= 15 is 0 Å². The van der Waals surface area contributed by atoms with E-state index in [2.05, 4.69) is 0 Å². The molecule has 19 heavy (non-hydrogen) atoms. The normalized spacial score (nSPS) is 10.2. The molecule has 0 aliphatic heterocycles. The molecule has 0 saturated heterocycles. The number of nitrogens with zero attached hydrogens (tertiary/aromatic N) is 1. The molecule has 0 fully saturated rings. The molecule has 1 aromatic rings. The average Bonchev–Trinajstić information content (AvgIpc) is 2.34. The maximum atomic E-state index is 11.2. The number of carboxylic acid groups (broad SMARTS) is 1. The number of carbonyl (C=O) groups is 2. The predicted octanol–water partition coefficient (Wildman–Crippen LogP) is 1.06. The topological polar surface area (TPSA) is 110 Å². The Bertz CT molecular complexity index is 474. The van der Waals surface area contributed by atoms with Crippen molar-refractivity contribution < 1.29 is 14.7 Å². The van der Waals surface area contributed by atoms with Gasteiger partial charge in [0, 0.05) is 12.2 Å². The van der Waals surface area contributed by atoms with Crippen molar-refractivity contribution in [2.75, 3.05) is 23.7 Å². The maximum absolute atomic E-state index is 11.2. The number of amides is 1. The lowest BCUT2D eigenvalue weighted by molar-refractivity contribution is -0.116. The first-order chi connectivity index (χ1) is 8.95. The van der Waals surface area contributed by atoms with E-state index in [-0.39, 0.29) is 12.1 Å². The molecule has 0 bridgehead atoms. The van der Waals surface area contributed by atoms with Gasteiger partial charge >= 0.3 is 5.97 Å². The number of carbonyl (C=O) groups excluding carboxylic acids is 1. The number of hydrogen-bond acceptors (Lipinski definition) is 4. The lowest BCUT2D eigenvalue weighted by Crippen LogP contribution is -2.35. The molecule has 1 amide bonds. The van der Waals surface area contributed by atoms with Crippen LogP contribution in [0.5, 0.6) is 0 Å². The monoisotopic (exact) mass is 265 g/mol. The molecule has 0 aliphatic rings. The predicted molar refractivity (Wildman–Crippen MR) is 74.1 cm³/mol. The minimum Gasteiger partial charge on any atom is -0.478 e. The smallest absolute Gasteiger partial charge is 0.337 e. The summed E-state index contributed by atoms with van der Waals surface area (Å²) < 4.78 is 0. The highest BCUT2D eigenvalue weighted by Crippen LogP contribution is 2.23. The van der Waals surface area contributed by atoms with E-state index in [1.807, 2.05) is 6.92 Å². The lowest BCUT2D eigenvalue weighted by atomic mass is 10.1. The number of nitrogens with two attached hydrogens (primary N) is 2. The van der Waals surface area contributed by atoms with Gasteiger partial charge in [-0.3, -0.25) is 4.79 Å². The van der Waals surface area contributed by atoms with Crippen LogP contribution in [0.15, 0.2) is 18.2 Å². The minimum atomic E-state index is -1.08. The summed E-state index contributed by atoms with van der Waals surface area (Å²) in [7, 11) is 0. The van der Waals surface area contributed by atoms with Gasteiger partial charge in [0.25, 0.3) is 0 Å². The van der Waals surface area contributed by atoms with E-state index in [0.29, 0.717) is 17.9 Å². The number of primary amides is 1. The van der Waals surface area contributed by atoms with Gasteiger partial charge in [0.15, 0.2) is 0 Å². The van der Waals surface area contributed by atoms with Crippen LogP contribution in [0.3, 0.4) is 0 Å². The van der Waals surface area contributed by atoms with Crippen LogP contribution in [0.1, 0.15) is 30.1 Å². The SMILES string of the molecule is CCCCN(CC(N)=O)c1ccc(N)cc1C(=O)O. The molecule has 0 atom stereocenters. The standard InChI is InChI=1S/C13H19N3O3/c1-2-3-6-16(8-12(15)17)11-5-4-9(14)7-10(11)13(18)19/h4-5,7H,2-3,6,8,14H2,1H3,(H2,15,17)(H,18,19). The molecule has 1 rings (SSSR count). The van der Waals surface area contributed by atoms with Gasteiger partial charge in [0.1, 0.15) is 0 Å². The summed E-state index contributed by atoms with van der Waals surface area (Å²) in [5.74, 6) is -1.57. The van der Waals surface area contributed by atoms with E-state index < -0.39 is 11.9 Å². The van der Waals surface area contributed by atoms with Gasteiger partial charge in [0.05, 0.1) is 17.8 Å². The van der Waals surface area contributed by atoms with Crippen LogP contribution < -0.4 is 16.4 Å². The Morgan fingerprint density at radius 2 is 2.05 bits per heavy atom. The fourth-order valence-electron chi connectivity index (χ4n) is 1.82. The third-order valence-corrected chi connectivity index (χ3v) is 2.72. The highest BCUT2D eigenvalue weighted by Gasteiger charge is 2.17. The third kappa shape index (κ3) is 4.17. The molecule has 0 spiro atoms. The molecule has 0 aromatic heterocycles. The van der Waals surface area contributed by atoms with Gasteiger partial charge in [-0.05, 0) is 24.6 Å². The highest BCUT2D eigenvalue weighted by molar-refractivity contribution is 5.96. The molecular weight excluding hydrogens is 246 g/mol. The molecule has 0 radical (unpaired) electrons. The Balaban J connectivity index is 3.12. The maximum Gasteiger partial charge on any atom is 0.337 e. The van der Waals surface area contributed by atoms with Crippen molar-refractivity contribution in [3.8, 4) is 0 Å². The fourth-order valence-corrected chi connectivity index (χ4v) is 1.82. The Labute approximate surface area is 112 Å². The second kappa shape index (κ2) is 6.63. The molecule has 1 aromatic carbocycles. The van der Waals surface area contributed by atoms with Crippen molar-refractivity contribution in [2.24, 2.45) is 5.73 Å². The summed E-state index contributed by atoms with van der Waals surface area (Å²) in [6, 6.07) is 4.61. The number of hydrogen-bond donors (Lipinski definition) is 3. The summed E-state index contributed by atoms with van der Waals surface area (Å²) >= 11 is 0. The Hall–Kier alpha value is -2.24. The second-order valence-corrected chi connectivity index (χ2v) is 4.32. The molecule has 0 aliphatic carbocycles. The zero-order valence-electron chi connectivity index (χ0n) is 10.9. The van der Waals surface area contributed by atoms with E-state index in [0.717, 1.165) is 12.8 Å². The fraction of sp³-hybridized carbons (Fsp3) is 0.385. The Morgan fingerprint density at radius 1 is 1.37 bits per heavy atom. The molecule has 104 valence electrons. The number of anilines is 2. The van der Waals surface area contributed by atoms with Crippen LogP contribution in [0.2, 0.25) is 0 Å². The molecule has 0 heterocycles. The number of nitrogen functional groups attached to an aromatic ring is 1. The van der Waals surface area contributed by atoms with Crippen LogP contribution >= 0.6 is 0 Å². The van der Waals surface area contributed by atoms with Gasteiger partial charge in [-0.2, -0.15) is 0 Å². The summed E-state index contributed by atoms with van der Waals surface area (Å²) in [5.41, 5.74) is 11.7. The van der Waals surface area contributed by atoms with E-state index in [4.69, 9.17) is 11.5 Å². The highest BCUT2D eigenvalue weighted by atomic mass is 16.4. The largest absolute Gasteiger partial charge is 0.478 e. The average molecular weight is 265 g/mol. The minimum absolute atomic E-state index is 0.00972. The van der Waals surface area contributed by atoms with Gasteiger partial charge in [-0.25, -0.2) is 4.79 Å². The van der Waals surface area contributed by atoms with Crippen LogP contribution in [-0.4, -0.2) is 30.1 Å². The lowest BCUT2D eigenvalue weighted by Gasteiger charge is -2.25. The van der Waals surface area contributed by atoms with Gasteiger partial charge in [-0.15, -0.1) is 0 Å². The number of benzene rings is 1. The number of unbranched alkanes of at least 4 members (excludes halogenated alkanes) is 1. The van der Waals surface area contributed by atoms with E-state index in [1.54, 1.807) is 17.0 Å². The van der Waals surface area contributed by atoms with Crippen molar-refractivity contribution in [1.29, 1.82) is 0 Å². The first-order valence-electron chi connectivity index (χ1n) is 6.11. The molecule has 6 nitrogen and oxygen atoms in total. The zero-order valence-corrected chi connectivity index (χ0v) is 10.9. The van der Waals surface area contributed by atoms with E-state index in [9.17, 15) is 14.7 Å². The quantitative estimate of drug-likeness (QED) is 0.638. The van der Waals surface area contributed by atoms with Crippen molar-refractivity contribution in [3.63, 3.8) is 0 Å². The van der Waals surface area contributed by atoms with Crippen molar-refractivity contribution in [3.05, 3.63) is 23.8 Å². The zero-order chi connectivity index (χ0) is 14.4. The third-order valence-electron chi connectivity index (χ3n) is 2.72. The van der Waals surface area contributed by atoms with E-state index in [1.165, 1.54) is 6.07 Å². The van der Waals surface area contributed by atoms with Gasteiger partial charge in [-0.1, -0.05) is 13.3 Å². The Kier molecular flexibility index (Phi) is 5.17. The molecule has 5 N–H and O–H groups in total. The first kappa shape index (κ1) is 14.8. The Morgan fingerprint density at radius 3 is 2.58 bits per heavy atom. The molecule has 0 saturated carbocycles. The van der Waals surface area contributed by atoms with Crippen LogP contribution in [-0.2, 0) is 4.79 Å². The number of aromatic carboxylic acids is 1. The van der Waals surface area contributed by atoms with Crippen molar-refractivity contribution in [2.45, 2.75) is 19.8 Å². The number of carboxylic acids is 1. The van der Waals surface area contributed by atoms with Crippen LogP contribution in [0.4, 0.5) is 11.4 Å². The van der Waals surface area contributed by atoms with Crippen LogP contribution in [0.25, 0.3) is 0 Å². The summed E-state index contributed by atoms with van der Waals surface area (Å²) in [5, 5.41) is 9.20. The number of rotatable bonds is 7. The van der Waals surface area contributed by atoms with Gasteiger partial charge < -0.3 is 21.5 Å². The summed E-state index contributed by atoms with van der Waals surface area (Å²) in [6.45, 7) is 2.58. The molecular formula is C13H19N3O3. The second-order valence-electron chi connectivity index (χ2n) is 4.32. The summed E-state index contributed by atoms with van der Waals surface area (Å²) in [4.78, 5) is 24.0. The van der Waals surface area contributed by atoms with Crippen molar-refractivity contribution in [1.82, 2.24) is 0 Å². The summed E-state index contributed by atoms with van der Waals surface area (Å²) in [6.07, 6.45) is 1.78. The van der Waals surface area contributed by atoms with Crippen molar-refractivity contribution >= 4 is 23.3 Å². The van der Waals surface area contributed by atoms with Crippen LogP contribution in [0, 0.1) is 0 Å². The molecule has 0 unspecified atom stereocenters. The first-order valence-corrected chi connectivity index (χ1v) is 6.11. The van der Waals surface area contributed by atoms with Gasteiger partial charge in [0.2, 0.25) is 5.91 Å². The molecule has 6 heteroatoms.